The van der Waals surface area contributed by atoms with Crippen molar-refractivity contribution in [3.8, 4) is 0 Å². The highest BCUT2D eigenvalue weighted by atomic mass is 16.5. The Hall–Kier alpha value is -0.120. The molecule has 3 N–H and O–H groups in total. The van der Waals surface area contributed by atoms with Gasteiger partial charge in [-0.1, -0.05) is 0 Å². The average Bonchev–Trinajstić information content (AvgIpc) is 2.09. The second kappa shape index (κ2) is 1.68. The van der Waals surface area contributed by atoms with E-state index in [1.165, 1.54) is 0 Å². The third kappa shape index (κ3) is 0.764. The van der Waals surface area contributed by atoms with Crippen LogP contribution in [-0.4, -0.2) is 36.5 Å². The van der Waals surface area contributed by atoms with Gasteiger partial charge in [0.2, 0.25) is 0 Å². The fourth-order valence-corrected chi connectivity index (χ4v) is 1.57. The molecule has 0 saturated carbocycles. The van der Waals surface area contributed by atoms with Gasteiger partial charge in [0.1, 0.15) is 13.1 Å². The lowest BCUT2D eigenvalue weighted by atomic mass is 9.93. The van der Waals surface area contributed by atoms with Crippen LogP contribution in [0.1, 0.15) is 6.42 Å². The predicted octanol–water partition coefficient (Wildman–Crippen LogP) is -1.92. The molecule has 3 nitrogen and oxygen atoms in total. The van der Waals surface area contributed by atoms with E-state index in [0.717, 1.165) is 19.5 Å². The lowest BCUT2D eigenvalue weighted by Gasteiger charge is -2.33. The van der Waals surface area contributed by atoms with E-state index >= 15 is 0 Å². The second-order valence-electron chi connectivity index (χ2n) is 3.05. The Labute approximate surface area is 54.0 Å². The van der Waals surface area contributed by atoms with E-state index < -0.39 is 0 Å². The average molecular weight is 130 g/mol. The van der Waals surface area contributed by atoms with E-state index in [9.17, 15) is 0 Å². The zero-order chi connectivity index (χ0) is 6.32. The minimum absolute atomic E-state index is 0.0828. The molecule has 2 heterocycles. The molecule has 2 fully saturated rings. The Morgan fingerprint density at radius 2 is 2.33 bits per heavy atom. The molecule has 0 aromatic heterocycles. The number of ether oxygens (including phenoxy) is 1. The Balaban J connectivity index is 1.99. The Morgan fingerprint density at radius 3 is 2.56 bits per heavy atom. The maximum absolute atomic E-state index is 9.09. The molecular weight excluding hydrogens is 118 g/mol. The molecule has 2 rings (SSSR count). The lowest BCUT2D eigenvalue weighted by molar-refractivity contribution is -0.741. The maximum Gasteiger partial charge on any atom is 0.167 e. The molecule has 0 radical (unpaired) electrons. The summed E-state index contributed by atoms with van der Waals surface area (Å²) in [5.41, 5.74) is 0.0828. The molecule has 9 heavy (non-hydrogen) atoms. The van der Waals surface area contributed by atoms with Crippen molar-refractivity contribution >= 4 is 0 Å². The first kappa shape index (κ1) is 5.65. The van der Waals surface area contributed by atoms with Crippen LogP contribution in [0.2, 0.25) is 0 Å². The maximum atomic E-state index is 9.09. The fourth-order valence-electron chi connectivity index (χ4n) is 1.57. The van der Waals surface area contributed by atoms with Crippen molar-refractivity contribution < 1.29 is 15.2 Å². The van der Waals surface area contributed by atoms with Crippen LogP contribution in [0.25, 0.3) is 0 Å². The first-order chi connectivity index (χ1) is 4.31. The molecule has 2 aliphatic heterocycles. The predicted molar refractivity (Wildman–Crippen MR) is 31.0 cm³/mol. The fraction of sp³-hybridized carbons (Fsp3) is 1.00. The van der Waals surface area contributed by atoms with Crippen molar-refractivity contribution in [1.82, 2.24) is 0 Å². The summed E-state index contributed by atoms with van der Waals surface area (Å²) in [6, 6.07) is 0. The summed E-state index contributed by atoms with van der Waals surface area (Å²) < 4.78 is 5.41. The van der Waals surface area contributed by atoms with Crippen LogP contribution in [0.5, 0.6) is 0 Å². The largest absolute Gasteiger partial charge is 0.391 e. The minimum Gasteiger partial charge on any atom is -0.391 e. The van der Waals surface area contributed by atoms with Crippen molar-refractivity contribution in [3.05, 3.63) is 0 Å². The van der Waals surface area contributed by atoms with Crippen LogP contribution in [0, 0.1) is 0 Å². The normalized spacial score (nSPS) is 39.0. The molecule has 2 saturated heterocycles. The monoisotopic (exact) mass is 130 g/mol. The molecule has 1 atom stereocenters. The molecule has 0 aliphatic carbocycles. The van der Waals surface area contributed by atoms with Gasteiger partial charge in [-0.2, -0.15) is 0 Å². The first-order valence-electron chi connectivity index (χ1n) is 3.44. The topological polar surface area (TPSA) is 46.1 Å². The van der Waals surface area contributed by atoms with Gasteiger partial charge in [-0.05, 0) is 0 Å². The van der Waals surface area contributed by atoms with Gasteiger partial charge in [-0.25, -0.2) is 0 Å². The van der Waals surface area contributed by atoms with Gasteiger partial charge in [-0.15, -0.1) is 0 Å². The highest BCUT2D eigenvalue weighted by Crippen LogP contribution is 2.25. The molecular formula is C6H12NO2+. The summed E-state index contributed by atoms with van der Waals surface area (Å²) >= 11 is 0. The van der Waals surface area contributed by atoms with Crippen LogP contribution in [0.15, 0.2) is 0 Å². The number of hydrogen-bond acceptors (Lipinski definition) is 2. The molecule has 1 unspecified atom stereocenters. The van der Waals surface area contributed by atoms with E-state index in [-0.39, 0.29) is 11.7 Å². The molecule has 3 heteroatoms. The van der Waals surface area contributed by atoms with E-state index in [0.29, 0.717) is 6.61 Å². The van der Waals surface area contributed by atoms with E-state index in [4.69, 9.17) is 9.84 Å². The van der Waals surface area contributed by atoms with Gasteiger partial charge >= 0.3 is 0 Å². The third-order valence-corrected chi connectivity index (χ3v) is 2.22. The zero-order valence-corrected chi connectivity index (χ0v) is 5.34. The summed E-state index contributed by atoms with van der Waals surface area (Å²) in [5, 5.41) is 11.3. The Kier molecular flexibility index (Phi) is 1.06. The van der Waals surface area contributed by atoms with Crippen LogP contribution >= 0.6 is 0 Å². The first-order valence-corrected chi connectivity index (χ1v) is 3.44. The van der Waals surface area contributed by atoms with Crippen molar-refractivity contribution in [1.29, 1.82) is 0 Å². The van der Waals surface area contributed by atoms with Gasteiger partial charge in [0.05, 0.1) is 12.7 Å². The van der Waals surface area contributed by atoms with Crippen molar-refractivity contribution in [2.45, 2.75) is 18.1 Å². The Bertz CT molecular complexity index is 122. The van der Waals surface area contributed by atoms with Crippen LogP contribution in [0.3, 0.4) is 0 Å². The standard InChI is InChI=1S/C6H11NO2/c8-5-1-6(9-2-5)3-7-4-6/h5,7-8H,1-4H2/p+1. The summed E-state index contributed by atoms with van der Waals surface area (Å²) in [7, 11) is 0. The summed E-state index contributed by atoms with van der Waals surface area (Å²) in [4.78, 5) is 0. The summed E-state index contributed by atoms with van der Waals surface area (Å²) in [5.74, 6) is 0. The smallest absolute Gasteiger partial charge is 0.167 e. The van der Waals surface area contributed by atoms with Gasteiger partial charge in [0, 0.05) is 6.42 Å². The van der Waals surface area contributed by atoms with E-state index in [2.05, 4.69) is 5.32 Å². The SMILES string of the molecule is OC1COC2(C[NH2+]C2)C1. The van der Waals surface area contributed by atoms with Crippen LogP contribution in [0.4, 0.5) is 0 Å². The van der Waals surface area contributed by atoms with Gasteiger partial charge in [0.25, 0.3) is 0 Å². The molecule has 2 aliphatic rings. The molecule has 0 aromatic rings. The number of aliphatic hydroxyl groups is 1. The number of rotatable bonds is 0. The molecule has 52 valence electrons. The van der Waals surface area contributed by atoms with Crippen LogP contribution in [-0.2, 0) is 4.74 Å². The Morgan fingerprint density at radius 1 is 1.56 bits per heavy atom. The number of aliphatic hydroxyl groups excluding tert-OH is 1. The van der Waals surface area contributed by atoms with Crippen molar-refractivity contribution in [2.75, 3.05) is 19.7 Å². The van der Waals surface area contributed by atoms with E-state index in [1.807, 2.05) is 0 Å². The lowest BCUT2D eigenvalue weighted by Crippen LogP contribution is -3.02. The van der Waals surface area contributed by atoms with Crippen molar-refractivity contribution in [3.63, 3.8) is 0 Å². The number of nitrogens with two attached hydrogens (primary N) is 1. The molecule has 0 amide bonds. The molecule has 0 bridgehead atoms. The quantitative estimate of drug-likeness (QED) is 0.401. The number of quaternary nitrogens is 1. The zero-order valence-electron chi connectivity index (χ0n) is 5.34. The highest BCUT2D eigenvalue weighted by Gasteiger charge is 2.48. The van der Waals surface area contributed by atoms with Crippen molar-refractivity contribution in [2.24, 2.45) is 0 Å². The van der Waals surface area contributed by atoms with Gasteiger partial charge < -0.3 is 15.2 Å². The summed E-state index contributed by atoms with van der Waals surface area (Å²) in [6.07, 6.45) is 0.655. The van der Waals surface area contributed by atoms with E-state index in [1.54, 1.807) is 0 Å². The van der Waals surface area contributed by atoms with Gasteiger partial charge in [-0.3, -0.25) is 0 Å². The highest BCUT2D eigenvalue weighted by molar-refractivity contribution is 4.91. The summed E-state index contributed by atoms with van der Waals surface area (Å²) in [6.45, 7) is 2.64. The molecule has 1 spiro atoms. The minimum atomic E-state index is -0.196. The van der Waals surface area contributed by atoms with Crippen LogP contribution < -0.4 is 5.32 Å². The third-order valence-electron chi connectivity index (χ3n) is 2.22. The molecule has 0 aromatic carbocycles. The van der Waals surface area contributed by atoms with Gasteiger partial charge in [0.15, 0.2) is 5.60 Å². The second-order valence-corrected chi connectivity index (χ2v) is 3.05. The number of hydrogen-bond donors (Lipinski definition) is 2.